The van der Waals surface area contributed by atoms with Crippen LogP contribution in [0.15, 0.2) is 42.5 Å². The summed E-state index contributed by atoms with van der Waals surface area (Å²) in [4.78, 5) is 35.0. The van der Waals surface area contributed by atoms with E-state index in [1.807, 2.05) is 12.1 Å². The molecule has 0 saturated heterocycles. The highest BCUT2D eigenvalue weighted by Gasteiger charge is 2.20. The monoisotopic (exact) mass is 425 g/mol. The molecule has 1 aliphatic heterocycles. The first-order valence-electron chi connectivity index (χ1n) is 9.56. The molecule has 1 aliphatic rings. The number of amides is 2. The number of nitro benzene ring substituents is 1. The Balaban J connectivity index is 1.65. The molecule has 31 heavy (non-hydrogen) atoms. The van der Waals surface area contributed by atoms with Crippen molar-refractivity contribution in [1.82, 2.24) is 10.9 Å². The summed E-state index contributed by atoms with van der Waals surface area (Å²) in [5.41, 5.74) is 6.83. The third kappa shape index (κ3) is 5.46. The lowest BCUT2D eigenvalue weighted by atomic mass is 9.87. The maximum Gasteiger partial charge on any atom is 0.270 e. The van der Waals surface area contributed by atoms with Crippen molar-refractivity contribution in [2.45, 2.75) is 32.8 Å². The first kappa shape index (κ1) is 22.0. The van der Waals surface area contributed by atoms with E-state index in [9.17, 15) is 19.7 Å². The van der Waals surface area contributed by atoms with E-state index in [-0.39, 0.29) is 24.5 Å². The fourth-order valence-corrected chi connectivity index (χ4v) is 2.98. The smallest absolute Gasteiger partial charge is 0.270 e. The molecule has 2 aromatic rings. The first-order chi connectivity index (χ1) is 14.6. The van der Waals surface area contributed by atoms with Crippen molar-refractivity contribution in [3.63, 3.8) is 0 Å². The van der Waals surface area contributed by atoms with Gasteiger partial charge >= 0.3 is 0 Å². The maximum atomic E-state index is 12.2. The number of hydrogen-bond donors (Lipinski definition) is 2. The van der Waals surface area contributed by atoms with E-state index in [1.165, 1.54) is 18.2 Å². The molecule has 0 radical (unpaired) electrons. The molecule has 0 bridgehead atoms. The van der Waals surface area contributed by atoms with E-state index in [2.05, 4.69) is 31.6 Å². The van der Waals surface area contributed by atoms with Crippen LogP contribution in [0.3, 0.4) is 0 Å². The van der Waals surface area contributed by atoms with Gasteiger partial charge in [0.25, 0.3) is 17.5 Å². The predicted molar refractivity (Wildman–Crippen MR) is 113 cm³/mol. The summed E-state index contributed by atoms with van der Waals surface area (Å²) >= 11 is 0. The lowest BCUT2D eigenvalue weighted by Crippen LogP contribution is -2.40. The van der Waals surface area contributed by atoms with Gasteiger partial charge in [-0.05, 0) is 29.2 Å². The SMILES string of the molecule is CC(C)(C)c1ccc(C(=O)NNC(=O)/C=C/c2cc([N+](=O)[O-])cc3c2OCOC3)cc1. The topological polar surface area (TPSA) is 120 Å². The van der Waals surface area contributed by atoms with Gasteiger partial charge in [-0.2, -0.15) is 0 Å². The molecule has 3 rings (SSSR count). The van der Waals surface area contributed by atoms with Crippen LogP contribution >= 0.6 is 0 Å². The Morgan fingerprint density at radius 3 is 2.48 bits per heavy atom. The molecular formula is C22H23N3O6. The van der Waals surface area contributed by atoms with Gasteiger partial charge in [0.15, 0.2) is 6.79 Å². The molecule has 9 nitrogen and oxygen atoms in total. The maximum absolute atomic E-state index is 12.2. The fraction of sp³-hybridized carbons (Fsp3) is 0.273. The number of nitro groups is 1. The van der Waals surface area contributed by atoms with Crippen molar-refractivity contribution in [3.8, 4) is 5.75 Å². The highest BCUT2D eigenvalue weighted by Crippen LogP contribution is 2.33. The minimum Gasteiger partial charge on any atom is -0.467 e. The molecular weight excluding hydrogens is 402 g/mol. The summed E-state index contributed by atoms with van der Waals surface area (Å²) in [6, 6.07) is 9.79. The first-order valence-corrected chi connectivity index (χ1v) is 9.56. The second kappa shape index (κ2) is 8.97. The van der Waals surface area contributed by atoms with Gasteiger partial charge in [-0.15, -0.1) is 0 Å². The summed E-state index contributed by atoms with van der Waals surface area (Å²) in [7, 11) is 0. The highest BCUT2D eigenvalue weighted by atomic mass is 16.7. The summed E-state index contributed by atoms with van der Waals surface area (Å²) in [6.07, 6.45) is 2.54. The summed E-state index contributed by atoms with van der Waals surface area (Å²) in [6.45, 7) is 6.41. The Morgan fingerprint density at radius 1 is 1.13 bits per heavy atom. The molecule has 2 amide bonds. The molecule has 0 atom stereocenters. The van der Waals surface area contributed by atoms with Crippen molar-refractivity contribution in [3.05, 3.63) is 74.8 Å². The number of nitrogens with zero attached hydrogens (tertiary/aromatic N) is 1. The second-order valence-corrected chi connectivity index (χ2v) is 8.00. The van der Waals surface area contributed by atoms with E-state index in [0.29, 0.717) is 22.4 Å². The molecule has 0 spiro atoms. The molecule has 0 aromatic heterocycles. The Morgan fingerprint density at radius 2 is 1.84 bits per heavy atom. The quantitative estimate of drug-likeness (QED) is 0.441. The summed E-state index contributed by atoms with van der Waals surface area (Å²) in [5, 5.41) is 11.1. The number of fused-ring (bicyclic) bond motifs is 1. The minimum atomic E-state index is -0.605. The Hall–Kier alpha value is -3.72. The van der Waals surface area contributed by atoms with Crippen LogP contribution in [0.2, 0.25) is 0 Å². The van der Waals surface area contributed by atoms with Crippen molar-refractivity contribution >= 4 is 23.6 Å². The van der Waals surface area contributed by atoms with Crippen molar-refractivity contribution in [1.29, 1.82) is 0 Å². The average molecular weight is 425 g/mol. The van der Waals surface area contributed by atoms with Crippen LogP contribution in [0.5, 0.6) is 5.75 Å². The lowest BCUT2D eigenvalue weighted by Gasteiger charge is -2.19. The van der Waals surface area contributed by atoms with E-state index in [1.54, 1.807) is 12.1 Å². The van der Waals surface area contributed by atoms with Gasteiger partial charge in [0.05, 0.1) is 11.5 Å². The Kier molecular flexibility index (Phi) is 6.36. The summed E-state index contributed by atoms with van der Waals surface area (Å²) < 4.78 is 10.6. The van der Waals surface area contributed by atoms with Crippen LogP contribution in [0.25, 0.3) is 6.08 Å². The molecule has 0 fully saturated rings. The number of nitrogens with one attached hydrogen (secondary N) is 2. The van der Waals surface area contributed by atoms with E-state index >= 15 is 0 Å². The lowest BCUT2D eigenvalue weighted by molar-refractivity contribution is -0.385. The van der Waals surface area contributed by atoms with Crippen molar-refractivity contribution < 1.29 is 24.0 Å². The zero-order chi connectivity index (χ0) is 22.6. The standard InChI is InChI=1S/C22H23N3O6/c1-22(2,3)17-7-4-14(5-8-17)21(27)24-23-19(26)9-6-15-10-18(25(28)29)11-16-12-30-13-31-20(15)16/h4-11H,12-13H2,1-3H3,(H,23,26)(H,24,27)/b9-6+. The van der Waals surface area contributed by atoms with E-state index in [0.717, 1.165) is 11.6 Å². The van der Waals surface area contributed by atoms with Gasteiger partial charge in [-0.3, -0.25) is 30.6 Å². The molecule has 0 aliphatic carbocycles. The molecule has 0 saturated carbocycles. The van der Waals surface area contributed by atoms with Crippen LogP contribution in [-0.4, -0.2) is 23.5 Å². The van der Waals surface area contributed by atoms with Crippen LogP contribution < -0.4 is 15.6 Å². The molecule has 2 N–H and O–H groups in total. The zero-order valence-corrected chi connectivity index (χ0v) is 17.4. The van der Waals surface area contributed by atoms with Crippen LogP contribution in [-0.2, 0) is 21.6 Å². The number of hydrogen-bond acceptors (Lipinski definition) is 6. The van der Waals surface area contributed by atoms with Crippen LogP contribution in [0.4, 0.5) is 5.69 Å². The molecule has 1 heterocycles. The number of benzene rings is 2. The normalized spacial score (nSPS) is 13.3. The van der Waals surface area contributed by atoms with Gasteiger partial charge in [0, 0.05) is 34.9 Å². The molecule has 2 aromatic carbocycles. The Labute approximate surface area is 179 Å². The van der Waals surface area contributed by atoms with Crippen LogP contribution in [0.1, 0.15) is 47.8 Å². The van der Waals surface area contributed by atoms with E-state index < -0.39 is 16.7 Å². The molecule has 9 heteroatoms. The summed E-state index contributed by atoms with van der Waals surface area (Å²) in [5.74, 6) is -0.647. The van der Waals surface area contributed by atoms with Crippen molar-refractivity contribution in [2.24, 2.45) is 0 Å². The van der Waals surface area contributed by atoms with Crippen molar-refractivity contribution in [2.75, 3.05) is 6.79 Å². The van der Waals surface area contributed by atoms with Gasteiger partial charge in [-0.25, -0.2) is 0 Å². The average Bonchev–Trinajstić information content (AvgIpc) is 2.75. The number of carbonyl (C=O) groups is 2. The number of hydrazine groups is 1. The number of rotatable bonds is 4. The number of carbonyl (C=O) groups excluding carboxylic acids is 2. The second-order valence-electron chi connectivity index (χ2n) is 8.00. The Bertz CT molecular complexity index is 1040. The third-order valence-electron chi connectivity index (χ3n) is 4.66. The van der Waals surface area contributed by atoms with Crippen LogP contribution in [0, 0.1) is 10.1 Å². The number of ether oxygens (including phenoxy) is 2. The molecule has 162 valence electrons. The zero-order valence-electron chi connectivity index (χ0n) is 17.4. The fourth-order valence-electron chi connectivity index (χ4n) is 2.98. The minimum absolute atomic E-state index is 0.0158. The van der Waals surface area contributed by atoms with Gasteiger partial charge in [0.1, 0.15) is 5.75 Å². The van der Waals surface area contributed by atoms with E-state index in [4.69, 9.17) is 9.47 Å². The highest BCUT2D eigenvalue weighted by molar-refractivity contribution is 5.98. The number of non-ortho nitro benzene ring substituents is 1. The third-order valence-corrected chi connectivity index (χ3v) is 4.66. The van der Waals surface area contributed by atoms with Gasteiger partial charge in [0.2, 0.25) is 0 Å². The van der Waals surface area contributed by atoms with Gasteiger partial charge < -0.3 is 9.47 Å². The largest absolute Gasteiger partial charge is 0.467 e. The predicted octanol–water partition coefficient (Wildman–Crippen LogP) is 3.23. The molecule has 0 unspecified atom stereocenters. The van der Waals surface area contributed by atoms with Gasteiger partial charge in [-0.1, -0.05) is 32.9 Å².